The van der Waals surface area contributed by atoms with Crippen LogP contribution in [-0.4, -0.2) is 33.7 Å². The van der Waals surface area contributed by atoms with Gasteiger partial charge in [0, 0.05) is 12.0 Å². The maximum Gasteiger partial charge on any atom is 0.260 e. The predicted molar refractivity (Wildman–Crippen MR) is 81.8 cm³/mol. The van der Waals surface area contributed by atoms with Crippen molar-refractivity contribution in [3.8, 4) is 0 Å². The fourth-order valence-electron chi connectivity index (χ4n) is 2.42. The van der Waals surface area contributed by atoms with Crippen molar-refractivity contribution in [3.63, 3.8) is 0 Å². The minimum Gasteiger partial charge on any atom is -0.295 e. The van der Waals surface area contributed by atoms with E-state index in [0.717, 1.165) is 0 Å². The van der Waals surface area contributed by atoms with Crippen LogP contribution in [0.15, 0.2) is 24.3 Å². The van der Waals surface area contributed by atoms with E-state index in [-0.39, 0.29) is 18.2 Å². The van der Waals surface area contributed by atoms with Crippen LogP contribution in [0.5, 0.6) is 0 Å². The lowest BCUT2D eigenvalue weighted by Gasteiger charge is -2.29. The van der Waals surface area contributed by atoms with E-state index in [4.69, 9.17) is 12.2 Å². The van der Waals surface area contributed by atoms with E-state index >= 15 is 0 Å². The topological polar surface area (TPSA) is 66.5 Å². The third-order valence-corrected chi connectivity index (χ3v) is 3.76. The Balaban J connectivity index is 0.000000774. The number of nitrogens with one attached hydrogen (secondary N) is 1. The number of piperidine rings is 1. The number of hydrogen-bond donors (Lipinski definition) is 1. The van der Waals surface area contributed by atoms with Crippen molar-refractivity contribution in [1.82, 2.24) is 10.2 Å². The predicted octanol–water partition coefficient (Wildman–Crippen LogP) is 1.65. The lowest BCUT2D eigenvalue weighted by atomic mass is 10.0. The van der Waals surface area contributed by atoms with Gasteiger partial charge in [-0.25, -0.2) is 0 Å². The normalized spacial score (nSPS) is 20.7. The van der Waals surface area contributed by atoms with Crippen molar-refractivity contribution < 1.29 is 14.4 Å². The van der Waals surface area contributed by atoms with Gasteiger partial charge in [-0.1, -0.05) is 44.3 Å². The van der Waals surface area contributed by atoms with Crippen LogP contribution >= 0.6 is 12.2 Å². The second-order valence-electron chi connectivity index (χ2n) is 4.49. The molecule has 0 bridgehead atoms. The highest BCUT2D eigenvalue weighted by Gasteiger charge is 2.42. The quantitative estimate of drug-likeness (QED) is 0.633. The minimum atomic E-state index is -0.690. The second-order valence-corrected chi connectivity index (χ2v) is 4.88. The van der Waals surface area contributed by atoms with Gasteiger partial charge in [0.05, 0.1) is 5.56 Å². The van der Waals surface area contributed by atoms with Crippen molar-refractivity contribution in [2.24, 2.45) is 0 Å². The summed E-state index contributed by atoms with van der Waals surface area (Å²) in [6, 6.07) is 6.32. The summed E-state index contributed by atoms with van der Waals surface area (Å²) < 4.78 is 0. The molecule has 1 aromatic rings. The molecule has 1 unspecified atom stereocenters. The summed E-state index contributed by atoms with van der Waals surface area (Å²) in [5.74, 6) is -1.04. The molecule has 1 N–H and O–H groups in total. The zero-order chi connectivity index (χ0) is 15.6. The van der Waals surface area contributed by atoms with Crippen LogP contribution in [0.4, 0.5) is 0 Å². The zero-order valence-corrected chi connectivity index (χ0v) is 12.7. The van der Waals surface area contributed by atoms with Gasteiger partial charge in [0.25, 0.3) is 5.91 Å². The number of carbonyl (C=O) groups is 3. The van der Waals surface area contributed by atoms with Crippen LogP contribution in [0.25, 0.3) is 0 Å². The second kappa shape index (κ2) is 6.13. The van der Waals surface area contributed by atoms with E-state index in [0.29, 0.717) is 22.5 Å². The first-order chi connectivity index (χ1) is 10.1. The highest BCUT2D eigenvalue weighted by atomic mass is 32.1. The Hall–Kier alpha value is -2.08. The van der Waals surface area contributed by atoms with Crippen LogP contribution in [0, 0.1) is 0 Å². The summed E-state index contributed by atoms with van der Waals surface area (Å²) >= 11 is 5.28. The summed E-state index contributed by atoms with van der Waals surface area (Å²) in [6.07, 6.45) is 0.531. The van der Waals surface area contributed by atoms with Gasteiger partial charge in [-0.2, -0.15) is 0 Å². The molecule has 1 aromatic carbocycles. The molecule has 0 radical (unpaired) electrons. The monoisotopic (exact) mass is 304 g/mol. The average Bonchev–Trinajstić information content (AvgIpc) is 2.75. The molecule has 2 heterocycles. The molecule has 2 aliphatic rings. The standard InChI is InChI=1S/C13H10N2O3S.C2H6/c16-10-6-5-9(11(17)14-10)15-12(18)7-3-1-2-4-8(7)13(15)19;1-2/h1-4,9H,5-6H2,(H,14,16,17);1-2H3. The number of carbonyl (C=O) groups excluding carboxylic acids is 3. The van der Waals surface area contributed by atoms with E-state index in [1.165, 1.54) is 4.90 Å². The Morgan fingerprint density at radius 3 is 2.33 bits per heavy atom. The van der Waals surface area contributed by atoms with E-state index in [1.807, 2.05) is 13.8 Å². The summed E-state index contributed by atoms with van der Waals surface area (Å²) in [4.78, 5) is 37.0. The molecule has 110 valence electrons. The maximum atomic E-state index is 12.3. The summed E-state index contributed by atoms with van der Waals surface area (Å²) in [6.45, 7) is 4.00. The van der Waals surface area contributed by atoms with Gasteiger partial charge >= 0.3 is 0 Å². The van der Waals surface area contributed by atoms with Gasteiger partial charge in [0.1, 0.15) is 11.0 Å². The van der Waals surface area contributed by atoms with Crippen LogP contribution in [0.1, 0.15) is 42.6 Å². The molecule has 0 saturated carbocycles. The largest absolute Gasteiger partial charge is 0.295 e. The molecule has 1 fully saturated rings. The Morgan fingerprint density at radius 2 is 1.76 bits per heavy atom. The Morgan fingerprint density at radius 1 is 1.14 bits per heavy atom. The summed E-state index contributed by atoms with van der Waals surface area (Å²) in [7, 11) is 0. The molecule has 1 saturated heterocycles. The SMILES string of the molecule is CC.O=C1CCC(N2C(=O)c3ccccc3C2=S)C(=O)N1. The lowest BCUT2D eigenvalue weighted by Crippen LogP contribution is -2.54. The van der Waals surface area contributed by atoms with Gasteiger partial charge in [-0.05, 0) is 12.5 Å². The van der Waals surface area contributed by atoms with Crippen LogP contribution in [0.3, 0.4) is 0 Å². The van der Waals surface area contributed by atoms with E-state index in [2.05, 4.69) is 5.32 Å². The van der Waals surface area contributed by atoms with Crippen molar-refractivity contribution in [2.45, 2.75) is 32.7 Å². The number of fused-ring (bicyclic) bond motifs is 1. The third-order valence-electron chi connectivity index (χ3n) is 3.35. The summed E-state index contributed by atoms with van der Waals surface area (Å²) in [5.41, 5.74) is 1.18. The van der Waals surface area contributed by atoms with Gasteiger partial charge in [0.15, 0.2) is 0 Å². The van der Waals surface area contributed by atoms with Gasteiger partial charge in [-0.15, -0.1) is 0 Å². The van der Waals surface area contributed by atoms with Gasteiger partial charge in [-0.3, -0.25) is 24.6 Å². The number of imide groups is 1. The van der Waals surface area contributed by atoms with Crippen molar-refractivity contribution in [3.05, 3.63) is 35.4 Å². The maximum absolute atomic E-state index is 12.3. The van der Waals surface area contributed by atoms with Crippen molar-refractivity contribution in [2.75, 3.05) is 0 Å². The molecule has 3 amide bonds. The smallest absolute Gasteiger partial charge is 0.260 e. The summed E-state index contributed by atoms with van der Waals surface area (Å²) in [5, 5.41) is 2.24. The van der Waals surface area contributed by atoms with E-state index in [1.54, 1.807) is 24.3 Å². The number of amides is 3. The molecule has 6 heteroatoms. The average molecular weight is 304 g/mol. The van der Waals surface area contributed by atoms with E-state index < -0.39 is 11.9 Å². The van der Waals surface area contributed by atoms with Gasteiger partial charge in [0.2, 0.25) is 11.8 Å². The van der Waals surface area contributed by atoms with Gasteiger partial charge < -0.3 is 0 Å². The Bertz CT molecular complexity index is 592. The number of rotatable bonds is 1. The third kappa shape index (κ3) is 2.58. The highest BCUT2D eigenvalue weighted by Crippen LogP contribution is 2.27. The molecular weight excluding hydrogens is 288 g/mol. The fraction of sp³-hybridized carbons (Fsp3) is 0.333. The molecule has 0 spiro atoms. The number of benzene rings is 1. The van der Waals surface area contributed by atoms with Crippen LogP contribution in [-0.2, 0) is 9.59 Å². The first kappa shape index (κ1) is 15.3. The van der Waals surface area contributed by atoms with Crippen LogP contribution in [0.2, 0.25) is 0 Å². The highest BCUT2D eigenvalue weighted by molar-refractivity contribution is 7.80. The Labute approximate surface area is 128 Å². The molecule has 21 heavy (non-hydrogen) atoms. The first-order valence-electron chi connectivity index (χ1n) is 6.90. The molecule has 5 nitrogen and oxygen atoms in total. The van der Waals surface area contributed by atoms with Crippen LogP contribution < -0.4 is 5.32 Å². The minimum absolute atomic E-state index is 0.221. The molecular formula is C15H16N2O3S. The fourth-order valence-corrected chi connectivity index (χ4v) is 2.81. The molecule has 0 aromatic heterocycles. The van der Waals surface area contributed by atoms with E-state index in [9.17, 15) is 14.4 Å². The molecule has 0 aliphatic carbocycles. The molecule has 1 atom stereocenters. The van der Waals surface area contributed by atoms with Crippen molar-refractivity contribution in [1.29, 1.82) is 0 Å². The number of thiocarbonyl (C=S) groups is 1. The number of hydrogen-bond acceptors (Lipinski definition) is 4. The molecule has 2 aliphatic heterocycles. The zero-order valence-electron chi connectivity index (χ0n) is 11.9. The van der Waals surface area contributed by atoms with Crippen molar-refractivity contribution >= 4 is 34.9 Å². The Kier molecular flexibility index (Phi) is 4.47. The molecule has 3 rings (SSSR count). The number of nitrogens with zero attached hydrogens (tertiary/aromatic N) is 1. The first-order valence-corrected chi connectivity index (χ1v) is 7.31. The lowest BCUT2D eigenvalue weighted by molar-refractivity contribution is -0.135.